The Morgan fingerprint density at radius 2 is 0.842 bits per heavy atom. The summed E-state index contributed by atoms with van der Waals surface area (Å²) < 4.78 is 8.67. The summed E-state index contributed by atoms with van der Waals surface area (Å²) in [6, 6.07) is 78.1. The quantitative estimate of drug-likeness (QED) is 0.163. The summed E-state index contributed by atoms with van der Waals surface area (Å²) in [5.74, 6) is 0. The Hall–Kier alpha value is -7.62. The minimum atomic E-state index is 0.899. The highest BCUT2D eigenvalue weighted by Crippen LogP contribution is 2.41. The number of para-hydroxylation sites is 3. The van der Waals surface area contributed by atoms with Crippen molar-refractivity contribution in [3.63, 3.8) is 0 Å². The van der Waals surface area contributed by atoms with Gasteiger partial charge in [-0.2, -0.15) is 0 Å². The number of benzene rings is 9. The SMILES string of the molecule is c1ccc(-c2ccc(N(c3ccc(-c4ccccc4-c4ccc5c(c4)oc4ccccc45)cc3)c3cccc(-n4c5ccccc5c5ccccc54)c3)cc2)cc1. The molecule has 0 N–H and O–H groups in total. The maximum Gasteiger partial charge on any atom is 0.136 e. The molecule has 0 saturated heterocycles. The van der Waals surface area contributed by atoms with Crippen LogP contribution in [0.1, 0.15) is 0 Å². The van der Waals surface area contributed by atoms with E-state index in [0.717, 1.165) is 55.8 Å². The Balaban J connectivity index is 1.02. The largest absolute Gasteiger partial charge is 0.456 e. The maximum absolute atomic E-state index is 6.29. The highest BCUT2D eigenvalue weighted by Gasteiger charge is 2.18. The van der Waals surface area contributed by atoms with Crippen molar-refractivity contribution >= 4 is 60.8 Å². The van der Waals surface area contributed by atoms with Crippen molar-refractivity contribution in [2.45, 2.75) is 0 Å². The van der Waals surface area contributed by atoms with Gasteiger partial charge in [0.1, 0.15) is 11.2 Å². The van der Waals surface area contributed by atoms with Crippen LogP contribution in [0.15, 0.2) is 223 Å². The van der Waals surface area contributed by atoms with Crippen LogP contribution in [0.2, 0.25) is 0 Å². The summed E-state index contributed by atoms with van der Waals surface area (Å²) in [5.41, 5.74) is 15.5. The number of hydrogen-bond donors (Lipinski definition) is 0. The van der Waals surface area contributed by atoms with Crippen LogP contribution in [-0.4, -0.2) is 4.57 Å². The van der Waals surface area contributed by atoms with Gasteiger partial charge in [0, 0.05) is 44.3 Å². The second kappa shape index (κ2) is 13.6. The normalized spacial score (nSPS) is 11.5. The van der Waals surface area contributed by atoms with E-state index >= 15 is 0 Å². The second-order valence-electron chi connectivity index (χ2n) is 14.5. The monoisotopic (exact) mass is 728 g/mol. The van der Waals surface area contributed by atoms with Crippen molar-refractivity contribution < 1.29 is 4.42 Å². The summed E-state index contributed by atoms with van der Waals surface area (Å²) in [7, 11) is 0. The predicted octanol–water partition coefficient (Wildman–Crippen LogP) is 15.2. The summed E-state index contributed by atoms with van der Waals surface area (Å²) in [6.45, 7) is 0. The molecule has 0 amide bonds. The fourth-order valence-corrected chi connectivity index (χ4v) is 8.52. The zero-order valence-corrected chi connectivity index (χ0v) is 31.1. The van der Waals surface area contributed by atoms with Crippen molar-refractivity contribution in [1.29, 1.82) is 0 Å². The summed E-state index contributed by atoms with van der Waals surface area (Å²) in [4.78, 5) is 2.36. The fourth-order valence-electron chi connectivity index (χ4n) is 8.52. The topological polar surface area (TPSA) is 21.3 Å². The first-order valence-electron chi connectivity index (χ1n) is 19.4. The minimum absolute atomic E-state index is 0.899. The van der Waals surface area contributed by atoms with Crippen LogP contribution in [0.5, 0.6) is 0 Å². The highest BCUT2D eigenvalue weighted by atomic mass is 16.3. The molecule has 268 valence electrons. The fraction of sp³-hybridized carbons (Fsp3) is 0. The van der Waals surface area contributed by atoms with Gasteiger partial charge in [-0.05, 0) is 106 Å². The molecule has 57 heavy (non-hydrogen) atoms. The molecule has 0 aliphatic carbocycles. The molecule has 0 fully saturated rings. The van der Waals surface area contributed by atoms with Gasteiger partial charge >= 0.3 is 0 Å². The number of fused-ring (bicyclic) bond motifs is 6. The van der Waals surface area contributed by atoms with E-state index in [1.54, 1.807) is 0 Å². The molecule has 2 heterocycles. The Morgan fingerprint density at radius 3 is 1.54 bits per heavy atom. The van der Waals surface area contributed by atoms with Gasteiger partial charge in [0.15, 0.2) is 0 Å². The lowest BCUT2D eigenvalue weighted by atomic mass is 9.94. The Labute approximate surface area is 330 Å². The molecular weight excluding hydrogens is 693 g/mol. The minimum Gasteiger partial charge on any atom is -0.456 e. The van der Waals surface area contributed by atoms with E-state index in [-0.39, 0.29) is 0 Å². The van der Waals surface area contributed by atoms with Gasteiger partial charge < -0.3 is 13.9 Å². The summed E-state index contributed by atoms with van der Waals surface area (Å²) in [6.07, 6.45) is 0. The molecule has 0 aliphatic heterocycles. The van der Waals surface area contributed by atoms with Crippen LogP contribution in [0.4, 0.5) is 17.1 Å². The van der Waals surface area contributed by atoms with Crippen molar-refractivity contribution in [1.82, 2.24) is 4.57 Å². The van der Waals surface area contributed by atoms with Crippen LogP contribution < -0.4 is 4.90 Å². The molecule has 9 aromatic carbocycles. The third-order valence-corrected chi connectivity index (χ3v) is 11.2. The van der Waals surface area contributed by atoms with Crippen LogP contribution >= 0.6 is 0 Å². The number of hydrogen-bond acceptors (Lipinski definition) is 2. The summed E-state index contributed by atoms with van der Waals surface area (Å²) in [5, 5.41) is 4.78. The van der Waals surface area contributed by atoms with E-state index in [1.807, 2.05) is 12.1 Å². The second-order valence-corrected chi connectivity index (χ2v) is 14.5. The van der Waals surface area contributed by atoms with Gasteiger partial charge in [0.2, 0.25) is 0 Å². The lowest BCUT2D eigenvalue weighted by molar-refractivity contribution is 0.669. The van der Waals surface area contributed by atoms with Crippen molar-refractivity contribution in [2.24, 2.45) is 0 Å². The number of aromatic nitrogens is 1. The molecule has 3 nitrogen and oxygen atoms in total. The molecule has 0 unspecified atom stereocenters. The van der Waals surface area contributed by atoms with Gasteiger partial charge in [0.05, 0.1) is 11.0 Å². The van der Waals surface area contributed by atoms with Crippen LogP contribution in [0.3, 0.4) is 0 Å². The van der Waals surface area contributed by atoms with Crippen molar-refractivity contribution in [3.8, 4) is 39.1 Å². The van der Waals surface area contributed by atoms with Gasteiger partial charge in [-0.1, -0.05) is 146 Å². The zero-order valence-electron chi connectivity index (χ0n) is 31.1. The van der Waals surface area contributed by atoms with E-state index in [0.29, 0.717) is 0 Å². The van der Waals surface area contributed by atoms with Gasteiger partial charge in [0.25, 0.3) is 0 Å². The van der Waals surface area contributed by atoms with Crippen LogP contribution in [0, 0.1) is 0 Å². The lowest BCUT2D eigenvalue weighted by Crippen LogP contribution is -2.10. The van der Waals surface area contributed by atoms with Crippen molar-refractivity contribution in [3.05, 3.63) is 218 Å². The van der Waals surface area contributed by atoms with Crippen molar-refractivity contribution in [2.75, 3.05) is 4.90 Å². The molecular formula is C54H36N2O. The van der Waals surface area contributed by atoms with Crippen LogP contribution in [0.25, 0.3) is 82.8 Å². The Kier molecular flexibility index (Phi) is 7.82. The molecule has 3 heteroatoms. The Bertz CT molecular complexity index is 3170. The number of rotatable bonds is 7. The van der Waals surface area contributed by atoms with E-state index < -0.39 is 0 Å². The molecule has 0 saturated carbocycles. The molecule has 0 aliphatic rings. The first-order valence-corrected chi connectivity index (χ1v) is 19.4. The third-order valence-electron chi connectivity index (χ3n) is 11.2. The van der Waals surface area contributed by atoms with E-state index in [9.17, 15) is 0 Å². The third kappa shape index (κ3) is 5.68. The van der Waals surface area contributed by atoms with E-state index in [1.165, 1.54) is 44.1 Å². The standard InChI is InChI=1S/C54H36N2O/c1-2-13-37(14-3-1)38-25-30-41(31-26-38)55(43-15-12-16-44(36-43)56-51-22-9-6-19-47(51)48-20-7-10-23-52(48)56)42-32-27-39(28-33-42)45-17-4-5-18-46(45)40-29-34-50-49-21-8-11-24-53(49)57-54(50)35-40/h1-36H. The van der Waals surface area contributed by atoms with Crippen LogP contribution in [-0.2, 0) is 0 Å². The first kappa shape index (κ1) is 32.8. The van der Waals surface area contributed by atoms with E-state index in [4.69, 9.17) is 4.42 Å². The molecule has 11 aromatic rings. The maximum atomic E-state index is 6.29. The Morgan fingerprint density at radius 1 is 0.316 bits per heavy atom. The molecule has 0 atom stereocenters. The highest BCUT2D eigenvalue weighted by molar-refractivity contribution is 6.09. The molecule has 0 spiro atoms. The van der Waals surface area contributed by atoms with Gasteiger partial charge in [-0.3, -0.25) is 0 Å². The number of nitrogens with zero attached hydrogens (tertiary/aromatic N) is 2. The number of anilines is 3. The predicted molar refractivity (Wildman–Crippen MR) is 239 cm³/mol. The van der Waals surface area contributed by atoms with E-state index in [2.05, 4.69) is 216 Å². The number of furan rings is 1. The molecule has 0 bridgehead atoms. The summed E-state index contributed by atoms with van der Waals surface area (Å²) >= 11 is 0. The van der Waals surface area contributed by atoms with Gasteiger partial charge in [-0.25, -0.2) is 0 Å². The zero-order chi connectivity index (χ0) is 37.7. The molecule has 11 rings (SSSR count). The average Bonchev–Trinajstić information content (AvgIpc) is 3.83. The molecule has 0 radical (unpaired) electrons. The first-order chi connectivity index (χ1) is 28.3. The smallest absolute Gasteiger partial charge is 0.136 e. The lowest BCUT2D eigenvalue weighted by Gasteiger charge is -2.27. The molecule has 2 aromatic heterocycles. The average molecular weight is 729 g/mol. The van der Waals surface area contributed by atoms with Gasteiger partial charge in [-0.15, -0.1) is 0 Å².